The van der Waals surface area contributed by atoms with Crippen molar-refractivity contribution in [3.05, 3.63) is 35.4 Å². The third-order valence-electron chi connectivity index (χ3n) is 2.50. The van der Waals surface area contributed by atoms with Gasteiger partial charge in [0.15, 0.2) is 0 Å². The molecule has 4 N–H and O–H groups in total. The van der Waals surface area contributed by atoms with Crippen LogP contribution in [-0.2, 0) is 16.1 Å². The molecule has 0 saturated heterocycles. The van der Waals surface area contributed by atoms with Gasteiger partial charge in [-0.2, -0.15) is 0 Å². The number of benzene rings is 1. The molecule has 0 radical (unpaired) electrons. The molecule has 108 valence electrons. The minimum absolute atomic E-state index is 0.104. The number of nitrogens with two attached hydrogens (primary N) is 1. The van der Waals surface area contributed by atoms with Gasteiger partial charge in [0, 0.05) is 25.1 Å². The van der Waals surface area contributed by atoms with Crippen molar-refractivity contribution in [3.63, 3.8) is 0 Å². The van der Waals surface area contributed by atoms with Crippen LogP contribution in [0.5, 0.6) is 0 Å². The number of primary amides is 1. The Balaban J connectivity index is 2.46. The summed E-state index contributed by atoms with van der Waals surface area (Å²) in [6.45, 7) is 0.524. The van der Waals surface area contributed by atoms with Gasteiger partial charge in [-0.25, -0.2) is 4.79 Å². The van der Waals surface area contributed by atoms with Gasteiger partial charge in [-0.15, -0.1) is 0 Å². The summed E-state index contributed by atoms with van der Waals surface area (Å²) in [5.41, 5.74) is 6.28. The van der Waals surface area contributed by atoms with E-state index in [9.17, 15) is 14.4 Å². The van der Waals surface area contributed by atoms with Crippen molar-refractivity contribution in [2.45, 2.75) is 13.0 Å². The molecule has 0 heterocycles. The van der Waals surface area contributed by atoms with Gasteiger partial charge in [-0.05, 0) is 17.7 Å². The molecular formula is C13H17N3O4. The highest BCUT2D eigenvalue weighted by molar-refractivity contribution is 5.94. The zero-order valence-corrected chi connectivity index (χ0v) is 11.1. The van der Waals surface area contributed by atoms with Crippen molar-refractivity contribution in [1.29, 1.82) is 0 Å². The fourth-order valence-electron chi connectivity index (χ4n) is 1.42. The van der Waals surface area contributed by atoms with Crippen LogP contribution in [0, 0.1) is 0 Å². The molecule has 0 bridgehead atoms. The average molecular weight is 279 g/mol. The predicted octanol–water partition coefficient (Wildman–Crippen LogP) is 0.148. The number of carbonyl (C=O) groups excluding carboxylic acids is 3. The highest BCUT2D eigenvalue weighted by atomic mass is 16.5. The summed E-state index contributed by atoms with van der Waals surface area (Å²) in [6.07, 6.45) is -0.411. The maximum Gasteiger partial charge on any atom is 0.407 e. The first-order valence-corrected chi connectivity index (χ1v) is 6.00. The van der Waals surface area contributed by atoms with Crippen molar-refractivity contribution in [2.24, 2.45) is 5.73 Å². The van der Waals surface area contributed by atoms with Gasteiger partial charge in [0.25, 0.3) is 5.91 Å². The van der Waals surface area contributed by atoms with E-state index >= 15 is 0 Å². The van der Waals surface area contributed by atoms with E-state index in [0.717, 1.165) is 5.56 Å². The topological polar surface area (TPSA) is 111 Å². The molecule has 0 aliphatic heterocycles. The van der Waals surface area contributed by atoms with E-state index in [2.05, 4.69) is 15.4 Å². The largest absolute Gasteiger partial charge is 0.453 e. The lowest BCUT2D eigenvalue weighted by Crippen LogP contribution is -2.27. The first-order valence-electron chi connectivity index (χ1n) is 6.00. The van der Waals surface area contributed by atoms with Crippen LogP contribution in [0.15, 0.2) is 24.3 Å². The molecule has 0 spiro atoms. The van der Waals surface area contributed by atoms with Crippen molar-refractivity contribution in [3.8, 4) is 0 Å². The van der Waals surface area contributed by atoms with Crippen LogP contribution in [0.4, 0.5) is 4.79 Å². The fourth-order valence-corrected chi connectivity index (χ4v) is 1.42. The molecule has 3 amide bonds. The van der Waals surface area contributed by atoms with E-state index in [1.54, 1.807) is 24.3 Å². The van der Waals surface area contributed by atoms with Gasteiger partial charge in [0.05, 0.1) is 7.11 Å². The quantitative estimate of drug-likeness (QED) is 0.688. The van der Waals surface area contributed by atoms with Crippen LogP contribution < -0.4 is 16.4 Å². The minimum Gasteiger partial charge on any atom is -0.453 e. The van der Waals surface area contributed by atoms with Crippen LogP contribution in [0.25, 0.3) is 0 Å². The first-order chi connectivity index (χ1) is 9.52. The summed E-state index contributed by atoms with van der Waals surface area (Å²) in [6, 6.07) is 6.71. The minimum atomic E-state index is -0.515. The van der Waals surface area contributed by atoms with Crippen molar-refractivity contribution >= 4 is 17.9 Å². The molecular weight excluding hydrogens is 262 g/mol. The monoisotopic (exact) mass is 279 g/mol. The smallest absolute Gasteiger partial charge is 0.407 e. The van der Waals surface area contributed by atoms with E-state index in [1.807, 2.05) is 0 Å². The van der Waals surface area contributed by atoms with Crippen LogP contribution >= 0.6 is 0 Å². The van der Waals surface area contributed by atoms with Crippen molar-refractivity contribution in [2.75, 3.05) is 13.7 Å². The van der Waals surface area contributed by atoms with Crippen LogP contribution in [-0.4, -0.2) is 31.6 Å². The second-order valence-electron chi connectivity index (χ2n) is 4.01. The third kappa shape index (κ3) is 5.38. The van der Waals surface area contributed by atoms with E-state index in [0.29, 0.717) is 12.1 Å². The van der Waals surface area contributed by atoms with Crippen molar-refractivity contribution in [1.82, 2.24) is 10.6 Å². The summed E-state index contributed by atoms with van der Waals surface area (Å²) in [5, 5.41) is 5.11. The molecule has 0 atom stereocenters. The number of hydrogen-bond donors (Lipinski definition) is 3. The van der Waals surface area contributed by atoms with E-state index in [-0.39, 0.29) is 18.9 Å². The molecule has 1 aromatic rings. The summed E-state index contributed by atoms with van der Waals surface area (Å²) in [5.74, 6) is -0.742. The lowest BCUT2D eigenvalue weighted by molar-refractivity contribution is -0.117. The van der Waals surface area contributed by atoms with E-state index < -0.39 is 12.0 Å². The Morgan fingerprint density at radius 3 is 2.35 bits per heavy atom. The third-order valence-corrected chi connectivity index (χ3v) is 2.50. The fraction of sp³-hybridized carbons (Fsp3) is 0.308. The maximum atomic E-state index is 11.7. The molecule has 0 aromatic heterocycles. The molecule has 7 heteroatoms. The Kier molecular flexibility index (Phi) is 6.02. The molecule has 20 heavy (non-hydrogen) atoms. The summed E-state index contributed by atoms with van der Waals surface area (Å²) in [4.78, 5) is 33.1. The standard InChI is InChI=1S/C13H17N3O4/c1-20-13(19)16-8-9-2-4-10(5-3-9)12(18)15-7-6-11(14)17/h2-5H,6-8H2,1H3,(H2,14,17)(H,15,18)(H,16,19). The van der Waals surface area contributed by atoms with Gasteiger partial charge in [0.2, 0.25) is 5.91 Å². The Hall–Kier alpha value is -2.57. The molecule has 1 rings (SSSR count). The second-order valence-corrected chi connectivity index (χ2v) is 4.01. The maximum absolute atomic E-state index is 11.7. The number of amides is 3. The van der Waals surface area contributed by atoms with Crippen LogP contribution in [0.3, 0.4) is 0 Å². The lowest BCUT2D eigenvalue weighted by atomic mass is 10.1. The molecule has 0 aliphatic carbocycles. The normalized spacial score (nSPS) is 9.65. The van der Waals surface area contributed by atoms with Crippen molar-refractivity contribution < 1.29 is 19.1 Å². The molecule has 0 saturated carbocycles. The van der Waals surface area contributed by atoms with Gasteiger partial charge >= 0.3 is 6.09 Å². The van der Waals surface area contributed by atoms with Gasteiger partial charge in [-0.3, -0.25) is 9.59 Å². The van der Waals surface area contributed by atoms with Crippen LogP contribution in [0.2, 0.25) is 0 Å². The average Bonchev–Trinajstić information content (AvgIpc) is 2.44. The van der Waals surface area contributed by atoms with E-state index in [4.69, 9.17) is 5.73 Å². The Labute approximate surface area is 116 Å². The number of nitrogens with one attached hydrogen (secondary N) is 2. The number of hydrogen-bond acceptors (Lipinski definition) is 4. The van der Waals surface area contributed by atoms with Crippen LogP contribution in [0.1, 0.15) is 22.3 Å². The van der Waals surface area contributed by atoms with Gasteiger partial charge in [0.1, 0.15) is 0 Å². The second kappa shape index (κ2) is 7.78. The number of alkyl carbamates (subject to hydrolysis) is 1. The van der Waals surface area contributed by atoms with Gasteiger partial charge in [-0.1, -0.05) is 12.1 Å². The van der Waals surface area contributed by atoms with Gasteiger partial charge < -0.3 is 21.1 Å². The molecule has 0 unspecified atom stereocenters. The number of rotatable bonds is 6. The molecule has 0 aliphatic rings. The molecule has 0 fully saturated rings. The summed E-state index contributed by atoms with van der Waals surface area (Å²) >= 11 is 0. The molecule has 1 aromatic carbocycles. The lowest BCUT2D eigenvalue weighted by Gasteiger charge is -2.06. The zero-order chi connectivity index (χ0) is 15.0. The molecule has 7 nitrogen and oxygen atoms in total. The number of carbonyl (C=O) groups is 3. The number of methoxy groups -OCH3 is 1. The Morgan fingerprint density at radius 2 is 1.80 bits per heavy atom. The number of ether oxygens (including phenoxy) is 1. The summed E-state index contributed by atoms with van der Waals surface area (Å²) in [7, 11) is 1.29. The predicted molar refractivity (Wildman–Crippen MR) is 71.8 cm³/mol. The highest BCUT2D eigenvalue weighted by Crippen LogP contribution is 2.04. The Morgan fingerprint density at radius 1 is 1.15 bits per heavy atom. The van der Waals surface area contributed by atoms with E-state index in [1.165, 1.54) is 7.11 Å². The SMILES string of the molecule is COC(=O)NCc1ccc(C(=O)NCCC(N)=O)cc1. The first kappa shape index (κ1) is 15.5. The highest BCUT2D eigenvalue weighted by Gasteiger charge is 2.06. The zero-order valence-electron chi connectivity index (χ0n) is 11.1. The Bertz CT molecular complexity index is 485. The summed E-state index contributed by atoms with van der Waals surface area (Å²) < 4.78 is 4.45.